The maximum Gasteiger partial charge on any atom is 0.184 e. The highest BCUT2D eigenvalue weighted by Crippen LogP contribution is 2.35. The van der Waals surface area contributed by atoms with Crippen LogP contribution in [0.4, 0.5) is 0 Å². The van der Waals surface area contributed by atoms with E-state index < -0.39 is 0 Å². The molecule has 1 aliphatic rings. The van der Waals surface area contributed by atoms with E-state index in [2.05, 4.69) is 9.97 Å². The lowest BCUT2D eigenvalue weighted by atomic mass is 9.97. The van der Waals surface area contributed by atoms with E-state index in [1.807, 2.05) is 30.3 Å². The highest BCUT2D eigenvalue weighted by molar-refractivity contribution is 5.99. The van der Waals surface area contributed by atoms with Gasteiger partial charge in [0.1, 0.15) is 5.69 Å². The molecule has 0 amide bonds. The van der Waals surface area contributed by atoms with Crippen molar-refractivity contribution in [1.82, 2.24) is 9.97 Å². The van der Waals surface area contributed by atoms with Gasteiger partial charge in [-0.2, -0.15) is 0 Å². The second-order valence-electron chi connectivity index (χ2n) is 3.88. The van der Waals surface area contributed by atoms with Crippen molar-refractivity contribution in [1.29, 1.82) is 0 Å². The van der Waals surface area contributed by atoms with Crippen molar-refractivity contribution in [3.63, 3.8) is 0 Å². The van der Waals surface area contributed by atoms with Gasteiger partial charge < -0.3 is 0 Å². The molecule has 1 aromatic heterocycles. The molecule has 1 heterocycles. The molecule has 3 rings (SSSR count). The molecular formula is C13H10N2O. The number of ketones is 1. The Hall–Kier alpha value is -2.03. The molecular weight excluding hydrogens is 200 g/mol. The van der Waals surface area contributed by atoms with Crippen LogP contribution < -0.4 is 0 Å². The third-order valence-electron chi connectivity index (χ3n) is 2.91. The molecule has 0 bridgehead atoms. The van der Waals surface area contributed by atoms with Gasteiger partial charge in [0, 0.05) is 24.7 Å². The van der Waals surface area contributed by atoms with Crippen LogP contribution in [0.15, 0.2) is 42.7 Å². The summed E-state index contributed by atoms with van der Waals surface area (Å²) in [5, 5.41) is 0. The Labute approximate surface area is 93.2 Å². The van der Waals surface area contributed by atoms with E-state index >= 15 is 0 Å². The zero-order chi connectivity index (χ0) is 11.0. The summed E-state index contributed by atoms with van der Waals surface area (Å²) in [5.41, 5.74) is 2.49. The average Bonchev–Trinajstić information content (AvgIpc) is 2.69. The van der Waals surface area contributed by atoms with Gasteiger partial charge in [0.15, 0.2) is 5.78 Å². The van der Waals surface area contributed by atoms with Gasteiger partial charge in [-0.3, -0.25) is 9.78 Å². The van der Waals surface area contributed by atoms with Crippen molar-refractivity contribution in [2.75, 3.05) is 0 Å². The van der Waals surface area contributed by atoms with Crippen LogP contribution in [0.25, 0.3) is 0 Å². The number of nitrogens with zero attached hydrogens (tertiary/aromatic N) is 2. The van der Waals surface area contributed by atoms with Crippen molar-refractivity contribution >= 4 is 5.78 Å². The third kappa shape index (κ3) is 1.33. The van der Waals surface area contributed by atoms with E-state index in [1.165, 1.54) is 0 Å². The summed E-state index contributed by atoms with van der Waals surface area (Å²) < 4.78 is 0. The zero-order valence-electron chi connectivity index (χ0n) is 8.63. The molecule has 1 atom stereocenters. The lowest BCUT2D eigenvalue weighted by molar-refractivity contribution is 0.0987. The molecule has 1 aliphatic carbocycles. The van der Waals surface area contributed by atoms with Crippen LogP contribution >= 0.6 is 0 Å². The normalized spacial score (nSPS) is 18.5. The van der Waals surface area contributed by atoms with Crippen LogP contribution in [0.3, 0.4) is 0 Å². The molecule has 1 aromatic carbocycles. The topological polar surface area (TPSA) is 42.9 Å². The van der Waals surface area contributed by atoms with Gasteiger partial charge in [-0.25, -0.2) is 4.98 Å². The summed E-state index contributed by atoms with van der Waals surface area (Å²) >= 11 is 0. The Balaban J connectivity index is 2.11. The minimum atomic E-state index is 0.0809. The lowest BCUT2D eigenvalue weighted by Gasteiger charge is -2.08. The predicted molar refractivity (Wildman–Crippen MR) is 59.3 cm³/mol. The zero-order valence-corrected chi connectivity index (χ0v) is 8.63. The van der Waals surface area contributed by atoms with E-state index in [1.54, 1.807) is 12.4 Å². The molecule has 1 unspecified atom stereocenters. The van der Waals surface area contributed by atoms with Gasteiger partial charge in [-0.15, -0.1) is 0 Å². The van der Waals surface area contributed by atoms with E-state index in [4.69, 9.17) is 0 Å². The van der Waals surface area contributed by atoms with Crippen molar-refractivity contribution in [2.45, 2.75) is 12.3 Å². The Morgan fingerprint density at radius 2 is 1.81 bits per heavy atom. The summed E-state index contributed by atoms with van der Waals surface area (Å²) in [4.78, 5) is 20.1. The number of benzene rings is 1. The van der Waals surface area contributed by atoms with Gasteiger partial charge in [0.05, 0.1) is 5.69 Å². The van der Waals surface area contributed by atoms with Gasteiger partial charge in [-0.05, 0) is 5.56 Å². The molecule has 3 nitrogen and oxygen atoms in total. The molecule has 0 saturated heterocycles. The van der Waals surface area contributed by atoms with Crippen LogP contribution in [0.5, 0.6) is 0 Å². The highest BCUT2D eigenvalue weighted by Gasteiger charge is 2.32. The molecule has 0 aliphatic heterocycles. The minimum Gasteiger partial charge on any atom is -0.292 e. The molecule has 78 valence electrons. The van der Waals surface area contributed by atoms with E-state index in [-0.39, 0.29) is 11.7 Å². The average molecular weight is 210 g/mol. The molecule has 0 fully saturated rings. The fraction of sp³-hybridized carbons (Fsp3) is 0.154. The number of carbonyl (C=O) groups excluding carboxylic acids is 1. The molecule has 3 heteroatoms. The van der Waals surface area contributed by atoms with Gasteiger partial charge >= 0.3 is 0 Å². The lowest BCUT2D eigenvalue weighted by Crippen LogP contribution is -1.98. The Morgan fingerprint density at radius 3 is 2.62 bits per heavy atom. The van der Waals surface area contributed by atoms with Crippen LogP contribution in [-0.2, 0) is 0 Å². The van der Waals surface area contributed by atoms with Gasteiger partial charge in [-0.1, -0.05) is 30.3 Å². The third-order valence-corrected chi connectivity index (χ3v) is 2.91. The molecule has 0 radical (unpaired) electrons. The van der Waals surface area contributed by atoms with E-state index in [9.17, 15) is 4.79 Å². The molecule has 0 spiro atoms. The Kier molecular flexibility index (Phi) is 2.03. The number of Topliss-reactive ketones (excluding diaryl/α,β-unsaturated/α-hetero) is 1. The van der Waals surface area contributed by atoms with Crippen molar-refractivity contribution in [2.24, 2.45) is 0 Å². The first kappa shape index (κ1) is 9.21. The molecule has 16 heavy (non-hydrogen) atoms. The quantitative estimate of drug-likeness (QED) is 0.724. The van der Waals surface area contributed by atoms with Crippen molar-refractivity contribution in [3.05, 3.63) is 59.7 Å². The van der Waals surface area contributed by atoms with E-state index in [0.717, 1.165) is 11.3 Å². The first-order chi connectivity index (χ1) is 7.86. The largest absolute Gasteiger partial charge is 0.292 e. The second-order valence-corrected chi connectivity index (χ2v) is 3.88. The first-order valence-corrected chi connectivity index (χ1v) is 5.25. The van der Waals surface area contributed by atoms with E-state index in [0.29, 0.717) is 12.1 Å². The van der Waals surface area contributed by atoms with Gasteiger partial charge in [0.25, 0.3) is 0 Å². The monoisotopic (exact) mass is 210 g/mol. The first-order valence-electron chi connectivity index (χ1n) is 5.25. The number of rotatable bonds is 1. The van der Waals surface area contributed by atoms with Crippen LogP contribution in [-0.4, -0.2) is 15.8 Å². The number of hydrogen-bond donors (Lipinski definition) is 0. The van der Waals surface area contributed by atoms with Crippen LogP contribution in [0.1, 0.15) is 34.1 Å². The summed E-state index contributed by atoms with van der Waals surface area (Å²) in [7, 11) is 0. The standard InChI is InChI=1S/C13H10N2O/c16-11-8-10(9-4-2-1-3-5-9)12-13(11)15-7-6-14-12/h1-7,10H,8H2. The highest BCUT2D eigenvalue weighted by atomic mass is 16.1. The number of fused-ring (bicyclic) bond motifs is 1. The molecule has 0 saturated carbocycles. The maximum absolute atomic E-state index is 11.7. The molecule has 0 N–H and O–H groups in total. The summed E-state index contributed by atoms with van der Waals surface area (Å²) in [6.07, 6.45) is 3.71. The second kappa shape index (κ2) is 3.52. The smallest absolute Gasteiger partial charge is 0.184 e. The number of hydrogen-bond acceptors (Lipinski definition) is 3. The maximum atomic E-state index is 11.7. The van der Waals surface area contributed by atoms with Crippen LogP contribution in [0.2, 0.25) is 0 Å². The van der Waals surface area contributed by atoms with Crippen LogP contribution in [0, 0.1) is 0 Å². The fourth-order valence-electron chi connectivity index (χ4n) is 2.16. The van der Waals surface area contributed by atoms with Crippen molar-refractivity contribution in [3.8, 4) is 0 Å². The Morgan fingerprint density at radius 1 is 1.06 bits per heavy atom. The Bertz CT molecular complexity index is 537. The summed E-state index contributed by atoms with van der Waals surface area (Å²) in [6.45, 7) is 0. The fourth-order valence-corrected chi connectivity index (χ4v) is 2.16. The van der Waals surface area contributed by atoms with Gasteiger partial charge in [0.2, 0.25) is 0 Å². The number of aromatic nitrogens is 2. The number of carbonyl (C=O) groups is 1. The predicted octanol–water partition coefficient (Wildman–Crippen LogP) is 2.19. The summed E-state index contributed by atoms with van der Waals surface area (Å²) in [6, 6.07) is 9.99. The minimum absolute atomic E-state index is 0.0809. The SMILES string of the molecule is O=C1CC(c2ccccc2)c2nccnc21. The molecule has 2 aromatic rings. The van der Waals surface area contributed by atoms with Crippen molar-refractivity contribution < 1.29 is 4.79 Å². The summed E-state index contributed by atoms with van der Waals surface area (Å²) in [5.74, 6) is 0.175.